The minimum Gasteiger partial charge on any atom is -0.352 e. The third-order valence-electron chi connectivity index (χ3n) is 4.05. The lowest BCUT2D eigenvalue weighted by atomic mass is 10.0. The van der Waals surface area contributed by atoms with E-state index in [1.54, 1.807) is 10.7 Å². The van der Waals surface area contributed by atoms with Crippen LogP contribution in [0.2, 0.25) is 0 Å². The minimum atomic E-state index is -0.130. The van der Waals surface area contributed by atoms with Gasteiger partial charge in [0.25, 0.3) is 5.91 Å². The first kappa shape index (κ1) is 17.0. The molecule has 0 spiro atoms. The number of nitrogens with zero attached hydrogens (tertiary/aromatic N) is 3. The van der Waals surface area contributed by atoms with Crippen LogP contribution in [0, 0.1) is 6.92 Å². The van der Waals surface area contributed by atoms with Gasteiger partial charge in [-0.1, -0.05) is 26.0 Å². The summed E-state index contributed by atoms with van der Waals surface area (Å²) in [6, 6.07) is 8.23. The van der Waals surface area contributed by atoms with Crippen molar-refractivity contribution in [1.82, 2.24) is 19.9 Å². The van der Waals surface area contributed by atoms with E-state index in [2.05, 4.69) is 45.8 Å². The number of benzene rings is 1. The molecule has 0 aliphatic carbocycles. The van der Waals surface area contributed by atoms with Crippen LogP contribution in [0.15, 0.2) is 36.7 Å². The fraction of sp³-hybridized carbons (Fsp3) is 0.316. The van der Waals surface area contributed by atoms with Crippen molar-refractivity contribution >= 4 is 23.1 Å². The lowest BCUT2D eigenvalue weighted by Crippen LogP contribution is -2.25. The molecule has 0 radical (unpaired) electrons. The van der Waals surface area contributed by atoms with Crippen LogP contribution in [-0.2, 0) is 6.42 Å². The topological polar surface area (TPSA) is 71.3 Å². The number of anilines is 2. The average Bonchev–Trinajstić information content (AvgIpc) is 3.04. The Bertz CT molecular complexity index is 900. The van der Waals surface area contributed by atoms with E-state index >= 15 is 0 Å². The molecule has 0 saturated carbocycles. The predicted molar refractivity (Wildman–Crippen MR) is 99.5 cm³/mol. The fourth-order valence-corrected chi connectivity index (χ4v) is 2.84. The molecule has 25 heavy (non-hydrogen) atoms. The zero-order valence-electron chi connectivity index (χ0n) is 14.8. The molecular formula is C19H23N5O. The summed E-state index contributed by atoms with van der Waals surface area (Å²) in [5.41, 5.74) is 4.54. The van der Waals surface area contributed by atoms with Crippen LogP contribution >= 0.6 is 0 Å². The number of nitrogens with one attached hydrogen (secondary N) is 2. The summed E-state index contributed by atoms with van der Waals surface area (Å²) in [4.78, 5) is 16.8. The second-order valence-corrected chi connectivity index (χ2v) is 5.78. The van der Waals surface area contributed by atoms with Gasteiger partial charge in [0.1, 0.15) is 11.4 Å². The first-order valence-electron chi connectivity index (χ1n) is 8.70. The van der Waals surface area contributed by atoms with Crippen molar-refractivity contribution in [2.24, 2.45) is 0 Å². The molecule has 4 rings (SSSR count). The molecule has 6 heteroatoms. The van der Waals surface area contributed by atoms with Gasteiger partial charge in [-0.05, 0) is 43.0 Å². The number of aromatic nitrogens is 3. The van der Waals surface area contributed by atoms with Gasteiger partial charge in [-0.2, -0.15) is 5.10 Å². The molecule has 6 nitrogen and oxygen atoms in total. The summed E-state index contributed by atoms with van der Waals surface area (Å²) < 4.78 is 1.61. The maximum Gasteiger partial charge on any atom is 0.256 e. The highest BCUT2D eigenvalue weighted by Gasteiger charge is 2.15. The van der Waals surface area contributed by atoms with E-state index in [1.807, 2.05) is 26.1 Å². The molecule has 0 unspecified atom stereocenters. The summed E-state index contributed by atoms with van der Waals surface area (Å²) in [6.07, 6.45) is 5.15. The Hall–Kier alpha value is -2.89. The van der Waals surface area contributed by atoms with Crippen molar-refractivity contribution in [3.05, 3.63) is 53.3 Å². The number of aryl methyl sites for hydroxylation is 2. The van der Waals surface area contributed by atoms with E-state index in [0.29, 0.717) is 23.6 Å². The van der Waals surface area contributed by atoms with Gasteiger partial charge in [0, 0.05) is 18.4 Å². The third-order valence-corrected chi connectivity index (χ3v) is 4.05. The SMILES string of the molecule is CC.Cc1ccc2c(c1)Nc1ccn3ncc(c3n1)C(=O)NCCC2. The van der Waals surface area contributed by atoms with Crippen LogP contribution < -0.4 is 10.6 Å². The molecule has 1 aliphatic heterocycles. The van der Waals surface area contributed by atoms with E-state index < -0.39 is 0 Å². The van der Waals surface area contributed by atoms with Gasteiger partial charge in [-0.3, -0.25) is 4.79 Å². The van der Waals surface area contributed by atoms with Crippen LogP contribution in [-0.4, -0.2) is 27.0 Å². The zero-order chi connectivity index (χ0) is 17.8. The summed E-state index contributed by atoms with van der Waals surface area (Å²) in [7, 11) is 0. The zero-order valence-corrected chi connectivity index (χ0v) is 14.8. The Kier molecular flexibility index (Phi) is 4.97. The number of fused-ring (bicyclic) bond motifs is 2. The molecule has 1 aliphatic rings. The maximum absolute atomic E-state index is 12.3. The Morgan fingerprint density at radius 1 is 1.20 bits per heavy atom. The van der Waals surface area contributed by atoms with Gasteiger partial charge in [0.2, 0.25) is 0 Å². The molecule has 0 fully saturated rings. The molecule has 1 aromatic carbocycles. The van der Waals surface area contributed by atoms with Crippen LogP contribution in [0.5, 0.6) is 0 Å². The summed E-state index contributed by atoms with van der Waals surface area (Å²) in [6.45, 7) is 6.70. The molecule has 0 saturated heterocycles. The standard InChI is InChI=1S/C17H17N5O.C2H6/c1-11-4-5-12-3-2-7-18-17(23)13-10-19-22-8-6-15(21-16(13)22)20-14(12)9-11;1-2/h4-6,8-10H,2-3,7H2,1H3,(H,18,23)(H,20,21);1-2H3. The Labute approximate surface area is 147 Å². The van der Waals surface area contributed by atoms with Crippen LogP contribution in [0.4, 0.5) is 11.5 Å². The molecule has 3 heterocycles. The molecule has 1 amide bonds. The number of carbonyl (C=O) groups excluding carboxylic acids is 1. The second kappa shape index (κ2) is 7.34. The highest BCUT2D eigenvalue weighted by atomic mass is 16.1. The first-order valence-corrected chi connectivity index (χ1v) is 8.70. The maximum atomic E-state index is 12.3. The Balaban J connectivity index is 0.000000880. The van der Waals surface area contributed by atoms with Gasteiger partial charge in [0.15, 0.2) is 5.65 Å². The number of carbonyl (C=O) groups is 1. The highest BCUT2D eigenvalue weighted by molar-refractivity contribution is 5.99. The third kappa shape index (κ3) is 3.47. The van der Waals surface area contributed by atoms with E-state index in [-0.39, 0.29) is 5.91 Å². The van der Waals surface area contributed by atoms with Crippen molar-refractivity contribution in [3.63, 3.8) is 0 Å². The number of hydrogen-bond donors (Lipinski definition) is 2. The fourth-order valence-electron chi connectivity index (χ4n) is 2.84. The van der Waals surface area contributed by atoms with Crippen LogP contribution in [0.25, 0.3) is 5.65 Å². The molecule has 130 valence electrons. The van der Waals surface area contributed by atoms with Crippen molar-refractivity contribution < 1.29 is 4.79 Å². The summed E-state index contributed by atoms with van der Waals surface area (Å²) in [5.74, 6) is 0.578. The molecule has 2 aromatic heterocycles. The average molecular weight is 337 g/mol. The van der Waals surface area contributed by atoms with Crippen molar-refractivity contribution in [1.29, 1.82) is 0 Å². The molecule has 3 aromatic rings. The molecule has 2 N–H and O–H groups in total. The van der Waals surface area contributed by atoms with E-state index in [1.165, 1.54) is 11.1 Å². The number of hydrogen-bond acceptors (Lipinski definition) is 4. The first-order chi connectivity index (χ1) is 12.2. The number of rotatable bonds is 0. The van der Waals surface area contributed by atoms with Crippen molar-refractivity contribution in [2.45, 2.75) is 33.6 Å². The van der Waals surface area contributed by atoms with E-state index in [4.69, 9.17) is 0 Å². The van der Waals surface area contributed by atoms with Gasteiger partial charge in [-0.25, -0.2) is 9.50 Å². The van der Waals surface area contributed by atoms with Gasteiger partial charge in [0.05, 0.1) is 6.20 Å². The normalized spacial score (nSPS) is 13.6. The van der Waals surface area contributed by atoms with Crippen LogP contribution in [0.3, 0.4) is 0 Å². The van der Waals surface area contributed by atoms with E-state index in [9.17, 15) is 4.79 Å². The lowest BCUT2D eigenvalue weighted by molar-refractivity contribution is 0.0954. The van der Waals surface area contributed by atoms with Gasteiger partial charge >= 0.3 is 0 Å². The smallest absolute Gasteiger partial charge is 0.256 e. The second-order valence-electron chi connectivity index (χ2n) is 5.78. The van der Waals surface area contributed by atoms with Gasteiger partial charge in [-0.15, -0.1) is 0 Å². The quantitative estimate of drug-likeness (QED) is 0.659. The van der Waals surface area contributed by atoms with Crippen molar-refractivity contribution in [2.75, 3.05) is 11.9 Å². The Morgan fingerprint density at radius 2 is 2.04 bits per heavy atom. The molecule has 2 bridgehead atoms. The molecular weight excluding hydrogens is 314 g/mol. The van der Waals surface area contributed by atoms with Crippen molar-refractivity contribution in [3.8, 4) is 0 Å². The van der Waals surface area contributed by atoms with Gasteiger partial charge < -0.3 is 10.6 Å². The summed E-state index contributed by atoms with van der Waals surface area (Å²) >= 11 is 0. The summed E-state index contributed by atoms with van der Waals surface area (Å²) in [5, 5.41) is 10.5. The monoisotopic (exact) mass is 337 g/mol. The Morgan fingerprint density at radius 3 is 2.88 bits per heavy atom. The minimum absolute atomic E-state index is 0.130. The van der Waals surface area contributed by atoms with Crippen LogP contribution in [0.1, 0.15) is 41.8 Å². The predicted octanol–water partition coefficient (Wildman–Crippen LogP) is 3.48. The highest BCUT2D eigenvalue weighted by Crippen LogP contribution is 2.24. The largest absolute Gasteiger partial charge is 0.352 e. The van der Waals surface area contributed by atoms with E-state index in [0.717, 1.165) is 18.5 Å². The lowest BCUT2D eigenvalue weighted by Gasteiger charge is -2.14. The molecule has 0 atom stereocenters. The number of amides is 1.